The Morgan fingerprint density at radius 1 is 1.09 bits per heavy atom. The fraction of sp³-hybridized carbons (Fsp3) is 0.333. The van der Waals surface area contributed by atoms with Crippen LogP contribution in [0.4, 0.5) is 0 Å². The van der Waals surface area contributed by atoms with Gasteiger partial charge in [-0.25, -0.2) is 9.66 Å². The quantitative estimate of drug-likeness (QED) is 0.550. The van der Waals surface area contributed by atoms with Crippen molar-refractivity contribution in [1.29, 1.82) is 0 Å². The van der Waals surface area contributed by atoms with Gasteiger partial charge in [0.05, 0.1) is 25.1 Å². The minimum Gasteiger partial charge on any atom is -0.493 e. The second kappa shape index (κ2) is 9.32. The zero-order chi connectivity index (χ0) is 23.5. The Bertz CT molecular complexity index is 1250. The van der Waals surface area contributed by atoms with E-state index in [9.17, 15) is 14.4 Å². The molecule has 1 amide bonds. The number of nitrogens with one attached hydrogen (secondary N) is 1. The molecular weight excluding hydrogens is 426 g/mol. The first-order valence-electron chi connectivity index (χ1n) is 10.6. The molecular formula is C24H25N3O6. The van der Waals surface area contributed by atoms with Crippen LogP contribution in [-0.4, -0.2) is 35.8 Å². The molecule has 1 aromatic heterocycles. The number of methoxy groups -OCH3 is 2. The van der Waals surface area contributed by atoms with E-state index < -0.39 is 23.5 Å². The molecule has 172 valence electrons. The normalized spacial score (nSPS) is 14.3. The molecule has 1 atom stereocenters. The van der Waals surface area contributed by atoms with Gasteiger partial charge in [-0.3, -0.25) is 19.8 Å². The van der Waals surface area contributed by atoms with Crippen LogP contribution in [0.3, 0.4) is 0 Å². The molecule has 4 rings (SSSR count). The number of fused-ring (bicyclic) bond motifs is 1. The Morgan fingerprint density at radius 3 is 2.33 bits per heavy atom. The molecule has 3 aromatic rings. The van der Waals surface area contributed by atoms with Crippen LogP contribution >= 0.6 is 0 Å². The summed E-state index contributed by atoms with van der Waals surface area (Å²) in [6, 6.07) is 11.8. The summed E-state index contributed by atoms with van der Waals surface area (Å²) in [5, 5.41) is 0.264. The number of nitrogens with zero attached hydrogens (tertiary/aromatic N) is 2. The lowest BCUT2D eigenvalue weighted by Crippen LogP contribution is -2.40. The number of rotatable bonds is 7. The zero-order valence-corrected chi connectivity index (χ0v) is 18.7. The molecule has 0 saturated heterocycles. The summed E-state index contributed by atoms with van der Waals surface area (Å²) in [5.41, 5.74) is 3.13. The summed E-state index contributed by atoms with van der Waals surface area (Å²) in [5.74, 6) is 0.0468. The van der Waals surface area contributed by atoms with E-state index in [1.807, 2.05) is 0 Å². The summed E-state index contributed by atoms with van der Waals surface area (Å²) in [6.07, 6.45) is 1.50. The Hall–Kier alpha value is -3.88. The minimum atomic E-state index is -1.22. The Morgan fingerprint density at radius 2 is 1.76 bits per heavy atom. The summed E-state index contributed by atoms with van der Waals surface area (Å²) in [4.78, 5) is 43.1. The number of amides is 1. The van der Waals surface area contributed by atoms with Crippen LogP contribution in [0.25, 0.3) is 10.9 Å². The Kier molecular flexibility index (Phi) is 6.30. The van der Waals surface area contributed by atoms with Gasteiger partial charge in [-0.05, 0) is 18.9 Å². The number of esters is 1. The lowest BCUT2D eigenvalue weighted by atomic mass is 9.84. The molecule has 1 N–H and O–H groups in total. The van der Waals surface area contributed by atoms with Crippen molar-refractivity contribution in [3.05, 3.63) is 64.2 Å². The van der Waals surface area contributed by atoms with Crippen molar-refractivity contribution in [2.75, 3.05) is 19.6 Å². The third kappa shape index (κ3) is 4.39. The van der Waals surface area contributed by atoms with Gasteiger partial charge < -0.3 is 14.2 Å². The van der Waals surface area contributed by atoms with Crippen LogP contribution in [-0.2, 0) is 14.3 Å². The molecule has 0 bridgehead atoms. The van der Waals surface area contributed by atoms with Gasteiger partial charge in [0.1, 0.15) is 5.82 Å². The predicted octanol–water partition coefficient (Wildman–Crippen LogP) is 3.06. The van der Waals surface area contributed by atoms with Crippen molar-refractivity contribution in [3.8, 4) is 11.5 Å². The van der Waals surface area contributed by atoms with Gasteiger partial charge in [0.2, 0.25) is 6.10 Å². The van der Waals surface area contributed by atoms with Crippen molar-refractivity contribution in [3.63, 3.8) is 0 Å². The fourth-order valence-corrected chi connectivity index (χ4v) is 3.81. The van der Waals surface area contributed by atoms with Crippen molar-refractivity contribution < 1.29 is 23.8 Å². The third-order valence-corrected chi connectivity index (χ3v) is 5.72. The zero-order valence-electron chi connectivity index (χ0n) is 18.7. The molecule has 1 aliphatic rings. The number of hydrogen-bond donors (Lipinski definition) is 1. The smallest absolute Gasteiger partial charge is 0.303 e. The molecule has 1 aliphatic carbocycles. The van der Waals surface area contributed by atoms with Gasteiger partial charge in [-0.2, -0.15) is 0 Å². The Balaban J connectivity index is 1.81. The number of hydrogen-bond acceptors (Lipinski definition) is 7. The highest BCUT2D eigenvalue weighted by Crippen LogP contribution is 2.36. The summed E-state index contributed by atoms with van der Waals surface area (Å²) in [6.45, 7) is 1.23. The van der Waals surface area contributed by atoms with E-state index in [1.165, 1.54) is 31.9 Å². The maximum absolute atomic E-state index is 13.5. The SMILES string of the molecule is COc1cc2nc(C3CCC3)n(NC(=O)[C@@H](OC(C)=O)c3ccccc3)c(=O)c2cc1OC. The maximum atomic E-state index is 13.5. The van der Waals surface area contributed by atoms with Crippen LogP contribution in [0.5, 0.6) is 11.5 Å². The van der Waals surface area contributed by atoms with Crippen LogP contribution < -0.4 is 20.5 Å². The first-order valence-corrected chi connectivity index (χ1v) is 10.6. The van der Waals surface area contributed by atoms with Crippen molar-refractivity contribution in [1.82, 2.24) is 9.66 Å². The molecule has 9 nitrogen and oxygen atoms in total. The number of ether oxygens (including phenoxy) is 3. The molecule has 0 aliphatic heterocycles. The van der Waals surface area contributed by atoms with Crippen LogP contribution in [0, 0.1) is 0 Å². The lowest BCUT2D eigenvalue weighted by Gasteiger charge is -2.28. The molecule has 9 heteroatoms. The molecule has 1 heterocycles. The van der Waals surface area contributed by atoms with Gasteiger partial charge in [0.15, 0.2) is 11.5 Å². The molecule has 2 aromatic carbocycles. The summed E-state index contributed by atoms with van der Waals surface area (Å²) >= 11 is 0. The van der Waals surface area contributed by atoms with Crippen molar-refractivity contribution >= 4 is 22.8 Å². The topological polar surface area (TPSA) is 109 Å². The van der Waals surface area contributed by atoms with Crippen molar-refractivity contribution in [2.24, 2.45) is 0 Å². The van der Waals surface area contributed by atoms with E-state index in [0.717, 1.165) is 19.3 Å². The highest BCUT2D eigenvalue weighted by Gasteiger charge is 2.30. The second-order valence-electron chi connectivity index (χ2n) is 7.84. The maximum Gasteiger partial charge on any atom is 0.303 e. The highest BCUT2D eigenvalue weighted by molar-refractivity contribution is 5.91. The van der Waals surface area contributed by atoms with E-state index in [-0.39, 0.29) is 11.3 Å². The van der Waals surface area contributed by atoms with Gasteiger partial charge in [-0.15, -0.1) is 0 Å². The van der Waals surface area contributed by atoms with Gasteiger partial charge in [0.25, 0.3) is 11.5 Å². The first kappa shape index (κ1) is 22.3. The predicted molar refractivity (Wildman–Crippen MR) is 121 cm³/mol. The summed E-state index contributed by atoms with van der Waals surface area (Å²) in [7, 11) is 2.99. The molecule has 0 radical (unpaired) electrons. The molecule has 33 heavy (non-hydrogen) atoms. The van der Waals surface area contributed by atoms with Crippen LogP contribution in [0.1, 0.15) is 49.6 Å². The average Bonchev–Trinajstić information content (AvgIpc) is 2.78. The number of carbonyl (C=O) groups is 2. The van der Waals surface area contributed by atoms with Crippen LogP contribution in [0.15, 0.2) is 47.3 Å². The summed E-state index contributed by atoms with van der Waals surface area (Å²) < 4.78 is 17.1. The fourth-order valence-electron chi connectivity index (χ4n) is 3.81. The minimum absolute atomic E-state index is 0.0272. The molecule has 0 unspecified atom stereocenters. The standard InChI is InChI=1S/C24H25N3O6/c1-14(28)33-21(15-8-5-4-6-9-15)23(29)26-27-22(16-10-7-11-16)25-18-13-20(32-3)19(31-2)12-17(18)24(27)30/h4-6,8-9,12-13,16,21H,7,10-11H2,1-3H3,(H,26,29)/t21-/m0/s1. The van der Waals surface area contributed by atoms with Crippen LogP contribution in [0.2, 0.25) is 0 Å². The van der Waals surface area contributed by atoms with Gasteiger partial charge >= 0.3 is 5.97 Å². The van der Waals surface area contributed by atoms with E-state index in [2.05, 4.69) is 5.43 Å². The van der Waals surface area contributed by atoms with E-state index >= 15 is 0 Å². The molecule has 1 fully saturated rings. The van der Waals surface area contributed by atoms with Gasteiger partial charge in [0, 0.05) is 24.5 Å². The third-order valence-electron chi connectivity index (χ3n) is 5.72. The van der Waals surface area contributed by atoms with Gasteiger partial charge in [-0.1, -0.05) is 36.8 Å². The average molecular weight is 451 g/mol. The Labute approximate surface area is 190 Å². The lowest BCUT2D eigenvalue weighted by molar-refractivity contribution is -0.152. The van der Waals surface area contributed by atoms with E-state index in [1.54, 1.807) is 36.4 Å². The number of benzene rings is 2. The van der Waals surface area contributed by atoms with Crippen molar-refractivity contribution in [2.45, 2.75) is 38.2 Å². The molecule has 1 saturated carbocycles. The second-order valence-corrected chi connectivity index (χ2v) is 7.84. The number of aromatic nitrogens is 2. The highest BCUT2D eigenvalue weighted by atomic mass is 16.5. The van der Waals surface area contributed by atoms with E-state index in [4.69, 9.17) is 19.2 Å². The number of carbonyl (C=O) groups excluding carboxylic acids is 2. The first-order chi connectivity index (χ1) is 15.9. The molecule has 0 spiro atoms. The monoisotopic (exact) mass is 451 g/mol. The van der Waals surface area contributed by atoms with E-state index in [0.29, 0.717) is 28.4 Å². The largest absolute Gasteiger partial charge is 0.493 e.